The number of carbonyl (C=O) groups excluding carboxylic acids is 2. The van der Waals surface area contributed by atoms with E-state index in [-0.39, 0.29) is 43.2 Å². The van der Waals surface area contributed by atoms with Crippen LogP contribution < -0.4 is 14.3 Å². The van der Waals surface area contributed by atoms with Gasteiger partial charge in [0.2, 0.25) is 10.0 Å². The predicted molar refractivity (Wildman–Crippen MR) is 138 cm³/mol. The number of thiazole rings is 1. The second kappa shape index (κ2) is 10.9. The summed E-state index contributed by atoms with van der Waals surface area (Å²) < 4.78 is 45.9. The van der Waals surface area contributed by atoms with Crippen LogP contribution in [0.3, 0.4) is 0 Å². The van der Waals surface area contributed by atoms with Crippen LogP contribution >= 0.6 is 11.3 Å². The molecule has 0 unspecified atom stereocenters. The highest BCUT2D eigenvalue weighted by atomic mass is 32.2. The lowest BCUT2D eigenvalue weighted by molar-refractivity contribution is 0.0933. The molecule has 0 spiro atoms. The molecule has 11 nitrogen and oxygen atoms in total. The summed E-state index contributed by atoms with van der Waals surface area (Å²) in [5, 5.41) is 0. The van der Waals surface area contributed by atoms with Gasteiger partial charge in [0.25, 0.3) is 5.91 Å². The zero-order valence-electron chi connectivity index (χ0n) is 21.0. The topological polar surface area (TPSA) is 120 Å². The molecule has 1 aliphatic rings. The molecule has 4 rings (SSSR count). The van der Waals surface area contributed by atoms with Crippen molar-refractivity contribution in [1.29, 1.82) is 0 Å². The molecule has 1 aromatic heterocycles. The highest BCUT2D eigenvalue weighted by Crippen LogP contribution is 2.34. The maximum absolute atomic E-state index is 13.1. The number of aromatic nitrogens is 1. The average molecular weight is 549 g/mol. The molecule has 0 radical (unpaired) electrons. The Kier molecular flexibility index (Phi) is 7.85. The Morgan fingerprint density at radius 2 is 1.59 bits per heavy atom. The number of carbonyl (C=O) groups is 2. The summed E-state index contributed by atoms with van der Waals surface area (Å²) in [6, 6.07) is 9.26. The van der Waals surface area contributed by atoms with Crippen molar-refractivity contribution < 1.29 is 32.2 Å². The summed E-state index contributed by atoms with van der Waals surface area (Å²) in [4.78, 5) is 31.1. The van der Waals surface area contributed by atoms with E-state index in [4.69, 9.17) is 14.2 Å². The summed E-state index contributed by atoms with van der Waals surface area (Å²) in [7, 11) is 1.14. The number of hydrogen-bond acceptors (Lipinski definition) is 8. The Balaban J connectivity index is 1.55. The van der Waals surface area contributed by atoms with E-state index in [0.29, 0.717) is 16.3 Å². The number of methoxy groups -OCH3 is 2. The molecule has 1 aliphatic heterocycles. The molecule has 0 bridgehead atoms. The monoisotopic (exact) mass is 548 g/mol. The number of amides is 2. The van der Waals surface area contributed by atoms with E-state index in [2.05, 4.69) is 4.99 Å². The molecule has 0 aliphatic carbocycles. The molecular weight excluding hydrogens is 520 g/mol. The molecule has 3 aromatic rings. The lowest BCUT2D eigenvalue weighted by Crippen LogP contribution is -2.50. The number of fused-ring (bicyclic) bond motifs is 1. The maximum atomic E-state index is 13.1. The first-order valence-corrected chi connectivity index (χ1v) is 13.8. The van der Waals surface area contributed by atoms with Crippen LogP contribution in [-0.2, 0) is 21.8 Å². The van der Waals surface area contributed by atoms with Gasteiger partial charge in [-0.15, -0.1) is 0 Å². The number of aryl methyl sites for hydroxylation is 1. The molecule has 37 heavy (non-hydrogen) atoms. The van der Waals surface area contributed by atoms with Gasteiger partial charge in [-0.1, -0.05) is 11.3 Å². The van der Waals surface area contributed by atoms with E-state index >= 15 is 0 Å². The summed E-state index contributed by atoms with van der Waals surface area (Å²) >= 11 is 1.29. The standard InChI is InChI=1S/C24H28N4O7S2/c1-5-35-24(30)27-12-14-28(15-13-27)37(31,32)17-8-6-16(7-9-17)22(29)25-23-26(2)20-18(33-3)10-11-19(34-4)21(20)36-23/h6-11H,5,12-15H2,1-4H3. The van der Waals surface area contributed by atoms with Crippen molar-refractivity contribution in [2.75, 3.05) is 47.0 Å². The van der Waals surface area contributed by atoms with Crippen LogP contribution in [0.15, 0.2) is 46.3 Å². The molecule has 1 fully saturated rings. The van der Waals surface area contributed by atoms with Gasteiger partial charge in [0.1, 0.15) is 21.7 Å². The zero-order valence-corrected chi connectivity index (χ0v) is 22.6. The molecule has 2 aromatic carbocycles. The molecule has 2 heterocycles. The molecule has 0 atom stereocenters. The number of hydrogen-bond donors (Lipinski definition) is 0. The molecule has 1 saturated heterocycles. The highest BCUT2D eigenvalue weighted by Gasteiger charge is 2.30. The van der Waals surface area contributed by atoms with Crippen molar-refractivity contribution in [3.05, 3.63) is 46.8 Å². The van der Waals surface area contributed by atoms with Crippen molar-refractivity contribution in [2.45, 2.75) is 11.8 Å². The van der Waals surface area contributed by atoms with Gasteiger partial charge in [-0.05, 0) is 43.3 Å². The minimum absolute atomic E-state index is 0.0653. The minimum atomic E-state index is -3.78. The predicted octanol–water partition coefficient (Wildman–Crippen LogP) is 2.46. The zero-order chi connectivity index (χ0) is 26.7. The van der Waals surface area contributed by atoms with E-state index in [1.807, 2.05) is 0 Å². The summed E-state index contributed by atoms with van der Waals surface area (Å²) in [5.41, 5.74) is 1.00. The fraction of sp³-hybridized carbons (Fsp3) is 0.375. The Hall–Kier alpha value is -3.42. The van der Waals surface area contributed by atoms with Crippen molar-refractivity contribution in [3.63, 3.8) is 0 Å². The van der Waals surface area contributed by atoms with Crippen LogP contribution in [0.1, 0.15) is 17.3 Å². The van der Waals surface area contributed by atoms with Crippen LogP contribution in [0.25, 0.3) is 10.2 Å². The molecule has 198 valence electrons. The van der Waals surface area contributed by atoms with Gasteiger partial charge in [0.05, 0.1) is 25.7 Å². The number of benzene rings is 2. The number of nitrogens with zero attached hydrogens (tertiary/aromatic N) is 4. The van der Waals surface area contributed by atoms with Crippen molar-refractivity contribution in [1.82, 2.24) is 13.8 Å². The second-order valence-electron chi connectivity index (χ2n) is 8.12. The van der Waals surface area contributed by atoms with Crippen LogP contribution in [0.2, 0.25) is 0 Å². The van der Waals surface area contributed by atoms with Gasteiger partial charge in [-0.2, -0.15) is 9.30 Å². The van der Waals surface area contributed by atoms with E-state index in [1.165, 1.54) is 44.8 Å². The van der Waals surface area contributed by atoms with Gasteiger partial charge in [0.15, 0.2) is 4.80 Å². The molecule has 13 heteroatoms. The molecule has 2 amide bonds. The first-order chi connectivity index (χ1) is 17.7. The Morgan fingerprint density at radius 1 is 0.973 bits per heavy atom. The smallest absolute Gasteiger partial charge is 0.409 e. The van der Waals surface area contributed by atoms with Crippen LogP contribution in [0, 0.1) is 0 Å². The quantitative estimate of drug-likeness (QED) is 0.464. The Labute approximate surface area is 218 Å². The third-order valence-corrected chi connectivity index (χ3v) is 9.07. The molecule has 0 N–H and O–H groups in total. The van der Waals surface area contributed by atoms with Crippen LogP contribution in [0.5, 0.6) is 11.5 Å². The number of piperazine rings is 1. The van der Waals surface area contributed by atoms with Gasteiger partial charge < -0.3 is 23.7 Å². The fourth-order valence-electron chi connectivity index (χ4n) is 4.03. The summed E-state index contributed by atoms with van der Waals surface area (Å²) in [6.07, 6.45) is -0.449. The van der Waals surface area contributed by atoms with Gasteiger partial charge in [0, 0.05) is 38.8 Å². The number of rotatable bonds is 6. The van der Waals surface area contributed by atoms with Gasteiger partial charge in [-0.25, -0.2) is 13.2 Å². The first kappa shape index (κ1) is 26.6. The first-order valence-electron chi connectivity index (χ1n) is 11.5. The van der Waals surface area contributed by atoms with Crippen molar-refractivity contribution in [2.24, 2.45) is 12.0 Å². The third-order valence-electron chi connectivity index (χ3n) is 6.01. The van der Waals surface area contributed by atoms with Gasteiger partial charge in [-0.3, -0.25) is 4.79 Å². The van der Waals surface area contributed by atoms with E-state index in [1.54, 1.807) is 44.9 Å². The van der Waals surface area contributed by atoms with Gasteiger partial charge >= 0.3 is 6.09 Å². The summed E-state index contributed by atoms with van der Waals surface area (Å²) in [6.45, 7) is 2.79. The number of ether oxygens (including phenoxy) is 3. The van der Waals surface area contributed by atoms with E-state index in [0.717, 1.165) is 10.2 Å². The van der Waals surface area contributed by atoms with Crippen molar-refractivity contribution >= 4 is 43.6 Å². The van der Waals surface area contributed by atoms with E-state index < -0.39 is 22.0 Å². The molecule has 0 saturated carbocycles. The summed E-state index contributed by atoms with van der Waals surface area (Å²) in [5.74, 6) is 0.760. The Morgan fingerprint density at radius 3 is 2.19 bits per heavy atom. The van der Waals surface area contributed by atoms with Crippen LogP contribution in [-0.4, -0.2) is 81.2 Å². The third kappa shape index (κ3) is 5.20. The largest absolute Gasteiger partial charge is 0.495 e. The normalized spacial score (nSPS) is 15.1. The molecular formula is C24H28N4O7S2. The lowest BCUT2D eigenvalue weighted by Gasteiger charge is -2.33. The minimum Gasteiger partial charge on any atom is -0.495 e. The SMILES string of the molecule is CCOC(=O)N1CCN(S(=O)(=O)c2ccc(C(=O)N=c3sc4c(OC)ccc(OC)c4n3C)cc2)CC1. The Bertz CT molecular complexity index is 1490. The average Bonchev–Trinajstić information content (AvgIpc) is 3.24. The fourth-order valence-corrected chi connectivity index (χ4v) is 6.57. The van der Waals surface area contributed by atoms with Crippen molar-refractivity contribution in [3.8, 4) is 11.5 Å². The second-order valence-corrected chi connectivity index (χ2v) is 11.0. The maximum Gasteiger partial charge on any atom is 0.409 e. The highest BCUT2D eigenvalue weighted by molar-refractivity contribution is 7.89. The number of sulfonamides is 1. The van der Waals surface area contributed by atoms with Crippen LogP contribution in [0.4, 0.5) is 4.79 Å². The lowest BCUT2D eigenvalue weighted by atomic mass is 10.2. The van der Waals surface area contributed by atoms with E-state index in [9.17, 15) is 18.0 Å².